The predicted octanol–water partition coefficient (Wildman–Crippen LogP) is 2.52. The number of primary amides is 1. The van der Waals surface area contributed by atoms with Crippen LogP contribution >= 0.6 is 0 Å². The van der Waals surface area contributed by atoms with Crippen LogP contribution in [0.4, 0.5) is 5.69 Å². The molecule has 1 heterocycles. The molecule has 0 aliphatic carbocycles. The van der Waals surface area contributed by atoms with Crippen LogP contribution in [0, 0.1) is 4.91 Å². The summed E-state index contributed by atoms with van der Waals surface area (Å²) < 4.78 is 5.54. The zero-order chi connectivity index (χ0) is 14.0. The number of aromatic nitrogens is 1. The second-order valence-electron chi connectivity index (χ2n) is 4.32. The van der Waals surface area contributed by atoms with Gasteiger partial charge in [0.05, 0.1) is 17.2 Å². The highest BCUT2D eigenvalue weighted by Crippen LogP contribution is 2.31. The highest BCUT2D eigenvalue weighted by molar-refractivity contribution is 6.02. The van der Waals surface area contributed by atoms with Crippen LogP contribution in [-0.2, 0) is 0 Å². The van der Waals surface area contributed by atoms with Crippen LogP contribution in [-0.4, -0.2) is 17.0 Å². The molecule has 0 bridgehead atoms. The van der Waals surface area contributed by atoms with Gasteiger partial charge in [-0.2, -0.15) is 0 Å². The highest BCUT2D eigenvalue weighted by atomic mass is 16.5. The van der Waals surface area contributed by atoms with E-state index >= 15 is 0 Å². The van der Waals surface area contributed by atoms with Gasteiger partial charge in [0.25, 0.3) is 5.91 Å². The van der Waals surface area contributed by atoms with E-state index in [-0.39, 0.29) is 17.4 Å². The number of ether oxygens (including phenoxy) is 1. The standard InChI is InChI=1S/C13H13N3O3/c1-7(2)19-12-6-8-10(16-18)3-4-15-11(8)5-9(12)13(14)17/h3-7H,1-2H3,(H2,14,17). The first kappa shape index (κ1) is 12.9. The van der Waals surface area contributed by atoms with E-state index in [0.717, 1.165) is 0 Å². The summed E-state index contributed by atoms with van der Waals surface area (Å²) in [5.74, 6) is -0.281. The van der Waals surface area contributed by atoms with Gasteiger partial charge in [0.2, 0.25) is 0 Å². The van der Waals surface area contributed by atoms with Crippen molar-refractivity contribution in [3.05, 3.63) is 34.9 Å². The Balaban J connectivity index is 2.72. The van der Waals surface area contributed by atoms with E-state index < -0.39 is 5.91 Å². The average molecular weight is 259 g/mol. The normalized spacial score (nSPS) is 10.7. The summed E-state index contributed by atoms with van der Waals surface area (Å²) in [6.07, 6.45) is 1.33. The number of fused-ring (bicyclic) bond motifs is 1. The summed E-state index contributed by atoms with van der Waals surface area (Å²) in [6.45, 7) is 3.66. The van der Waals surface area contributed by atoms with Crippen molar-refractivity contribution >= 4 is 22.5 Å². The lowest BCUT2D eigenvalue weighted by Crippen LogP contribution is -2.15. The fourth-order valence-electron chi connectivity index (χ4n) is 1.78. The molecule has 19 heavy (non-hydrogen) atoms. The number of amides is 1. The maximum Gasteiger partial charge on any atom is 0.252 e. The number of nitrogens with zero attached hydrogens (tertiary/aromatic N) is 2. The van der Waals surface area contributed by atoms with Gasteiger partial charge in [0.15, 0.2) is 0 Å². The summed E-state index contributed by atoms with van der Waals surface area (Å²) >= 11 is 0. The Bertz CT molecular complexity index is 653. The predicted molar refractivity (Wildman–Crippen MR) is 71.5 cm³/mol. The lowest BCUT2D eigenvalue weighted by atomic mass is 10.1. The third-order valence-corrected chi connectivity index (χ3v) is 2.55. The topological polar surface area (TPSA) is 94.6 Å². The Hall–Kier alpha value is -2.50. The number of carbonyl (C=O) groups excluding carboxylic acids is 1. The molecule has 0 aliphatic heterocycles. The lowest BCUT2D eigenvalue weighted by molar-refractivity contribution is 0.0995. The SMILES string of the molecule is CC(C)Oc1cc2c(N=O)ccnc2cc1C(N)=O. The van der Waals surface area contributed by atoms with Gasteiger partial charge in [0, 0.05) is 11.6 Å². The van der Waals surface area contributed by atoms with Gasteiger partial charge in [-0.3, -0.25) is 9.78 Å². The highest BCUT2D eigenvalue weighted by Gasteiger charge is 2.15. The monoisotopic (exact) mass is 259 g/mol. The Morgan fingerprint density at radius 2 is 2.16 bits per heavy atom. The minimum absolute atomic E-state index is 0.125. The molecule has 0 spiro atoms. The number of carbonyl (C=O) groups is 1. The summed E-state index contributed by atoms with van der Waals surface area (Å²) in [5, 5.41) is 3.46. The number of hydrogen-bond acceptors (Lipinski definition) is 5. The van der Waals surface area contributed by atoms with Gasteiger partial charge in [-0.25, -0.2) is 0 Å². The Morgan fingerprint density at radius 1 is 1.42 bits per heavy atom. The van der Waals surface area contributed by atoms with E-state index in [1.54, 1.807) is 6.07 Å². The molecule has 0 saturated heterocycles. The Labute approximate surface area is 109 Å². The zero-order valence-corrected chi connectivity index (χ0v) is 10.6. The van der Waals surface area contributed by atoms with E-state index in [2.05, 4.69) is 10.2 Å². The van der Waals surface area contributed by atoms with E-state index in [0.29, 0.717) is 16.7 Å². The fraction of sp³-hybridized carbons (Fsp3) is 0.231. The Morgan fingerprint density at radius 3 is 2.74 bits per heavy atom. The number of hydrogen-bond donors (Lipinski definition) is 1. The summed E-state index contributed by atoms with van der Waals surface area (Å²) in [6, 6.07) is 4.57. The van der Waals surface area contributed by atoms with Crippen LogP contribution < -0.4 is 10.5 Å². The molecular weight excluding hydrogens is 246 g/mol. The first-order valence-electron chi connectivity index (χ1n) is 5.75. The molecule has 1 aromatic heterocycles. The molecular formula is C13H13N3O3. The number of pyridine rings is 1. The smallest absolute Gasteiger partial charge is 0.252 e. The maximum absolute atomic E-state index is 11.4. The molecule has 2 aromatic rings. The van der Waals surface area contributed by atoms with E-state index in [9.17, 15) is 9.70 Å². The van der Waals surface area contributed by atoms with E-state index in [1.165, 1.54) is 18.3 Å². The number of nitrogens with two attached hydrogens (primary N) is 1. The van der Waals surface area contributed by atoms with Gasteiger partial charge in [-0.1, -0.05) is 0 Å². The second-order valence-corrected chi connectivity index (χ2v) is 4.32. The molecule has 2 rings (SSSR count). The largest absolute Gasteiger partial charge is 0.490 e. The molecule has 0 radical (unpaired) electrons. The van der Waals surface area contributed by atoms with Crippen molar-refractivity contribution in [2.45, 2.75) is 20.0 Å². The molecule has 1 amide bonds. The molecule has 1 aromatic carbocycles. The van der Waals surface area contributed by atoms with Crippen molar-refractivity contribution in [3.63, 3.8) is 0 Å². The van der Waals surface area contributed by atoms with Crippen LogP contribution in [0.1, 0.15) is 24.2 Å². The molecule has 0 saturated carbocycles. The molecule has 0 aliphatic rings. The number of rotatable bonds is 4. The third-order valence-electron chi connectivity index (χ3n) is 2.55. The molecule has 6 heteroatoms. The fourth-order valence-corrected chi connectivity index (χ4v) is 1.78. The first-order valence-corrected chi connectivity index (χ1v) is 5.75. The van der Waals surface area contributed by atoms with E-state index in [4.69, 9.17) is 10.5 Å². The summed E-state index contributed by atoms with van der Waals surface area (Å²) in [4.78, 5) is 26.3. The third kappa shape index (κ3) is 2.52. The summed E-state index contributed by atoms with van der Waals surface area (Å²) in [5.41, 5.74) is 6.27. The van der Waals surface area contributed by atoms with Crippen molar-refractivity contribution in [3.8, 4) is 5.75 Å². The minimum Gasteiger partial charge on any atom is -0.490 e. The lowest BCUT2D eigenvalue weighted by Gasteiger charge is -2.13. The van der Waals surface area contributed by atoms with Gasteiger partial charge in [0.1, 0.15) is 11.4 Å². The van der Waals surface area contributed by atoms with Crippen LogP contribution in [0.5, 0.6) is 5.75 Å². The number of nitroso groups, excluding NO2 is 1. The van der Waals surface area contributed by atoms with Crippen LogP contribution in [0.2, 0.25) is 0 Å². The van der Waals surface area contributed by atoms with Crippen molar-refractivity contribution in [2.24, 2.45) is 10.9 Å². The van der Waals surface area contributed by atoms with Crippen LogP contribution in [0.15, 0.2) is 29.6 Å². The van der Waals surface area contributed by atoms with Crippen LogP contribution in [0.3, 0.4) is 0 Å². The second kappa shape index (κ2) is 5.01. The molecule has 6 nitrogen and oxygen atoms in total. The zero-order valence-electron chi connectivity index (χ0n) is 10.6. The van der Waals surface area contributed by atoms with Crippen molar-refractivity contribution in [1.29, 1.82) is 0 Å². The van der Waals surface area contributed by atoms with Crippen molar-refractivity contribution in [2.75, 3.05) is 0 Å². The molecule has 0 unspecified atom stereocenters. The minimum atomic E-state index is -0.608. The summed E-state index contributed by atoms with van der Waals surface area (Å²) in [7, 11) is 0. The van der Waals surface area contributed by atoms with Gasteiger partial charge < -0.3 is 10.5 Å². The average Bonchev–Trinajstić information content (AvgIpc) is 2.36. The van der Waals surface area contributed by atoms with Crippen molar-refractivity contribution < 1.29 is 9.53 Å². The molecule has 0 fully saturated rings. The van der Waals surface area contributed by atoms with E-state index in [1.807, 2.05) is 13.8 Å². The maximum atomic E-state index is 11.4. The number of benzene rings is 1. The molecule has 98 valence electrons. The van der Waals surface area contributed by atoms with Crippen molar-refractivity contribution in [1.82, 2.24) is 4.98 Å². The Kier molecular flexibility index (Phi) is 3.41. The molecule has 2 N–H and O–H groups in total. The van der Waals surface area contributed by atoms with Crippen LogP contribution in [0.25, 0.3) is 10.9 Å². The van der Waals surface area contributed by atoms with Gasteiger partial charge in [-0.05, 0) is 37.2 Å². The van der Waals surface area contributed by atoms with Gasteiger partial charge in [-0.15, -0.1) is 4.91 Å². The first-order chi connectivity index (χ1) is 9.02. The quantitative estimate of drug-likeness (QED) is 0.853. The molecule has 0 atom stereocenters. The van der Waals surface area contributed by atoms with Gasteiger partial charge >= 0.3 is 0 Å².